The van der Waals surface area contributed by atoms with E-state index >= 15 is 0 Å². The summed E-state index contributed by atoms with van der Waals surface area (Å²) in [6, 6.07) is 10.8. The number of ether oxygens (including phenoxy) is 1. The Kier molecular flexibility index (Phi) is 8.91. The van der Waals surface area contributed by atoms with Gasteiger partial charge in [0.25, 0.3) is 5.91 Å². The third-order valence-corrected chi connectivity index (χ3v) is 5.77. The highest BCUT2D eigenvalue weighted by Gasteiger charge is 2.37. The van der Waals surface area contributed by atoms with Crippen molar-refractivity contribution >= 4 is 23.5 Å². The van der Waals surface area contributed by atoms with E-state index in [-0.39, 0.29) is 31.9 Å². The molecule has 2 aromatic carbocycles. The van der Waals surface area contributed by atoms with E-state index in [1.807, 2.05) is 0 Å². The zero-order valence-corrected chi connectivity index (χ0v) is 19.8. The van der Waals surface area contributed by atoms with Gasteiger partial charge in [-0.3, -0.25) is 14.7 Å². The number of aliphatic hydroxyl groups is 1. The van der Waals surface area contributed by atoms with Gasteiger partial charge in [-0.05, 0) is 49.1 Å². The van der Waals surface area contributed by atoms with Crippen LogP contribution in [0.1, 0.15) is 29.4 Å². The first-order valence-electron chi connectivity index (χ1n) is 10.8. The number of nitrogens with one attached hydrogen (secondary N) is 2. The molecule has 0 aliphatic carbocycles. The van der Waals surface area contributed by atoms with Crippen molar-refractivity contribution in [2.45, 2.75) is 25.8 Å². The standard InChI is InChI=1S/C24H26ClFN4O5/c1-24(23(33)34,14-35-9-8-31)12-18(28-22(32)21-13-27-30-29-21)10-15-2-4-16(5-3-15)19-11-17(25)6-7-20(19)26/h2-7,11,13,18,31H,8-10,12,14H2,1H3,(H,28,32)(H,33,34)(H,27,29,30)/t18-,24?/m1/s1. The lowest BCUT2D eigenvalue weighted by Crippen LogP contribution is -2.44. The summed E-state index contributed by atoms with van der Waals surface area (Å²) in [6.07, 6.45) is 1.61. The van der Waals surface area contributed by atoms with Gasteiger partial charge in [0.05, 0.1) is 31.4 Å². The van der Waals surface area contributed by atoms with Crippen LogP contribution in [-0.2, 0) is 16.0 Å². The van der Waals surface area contributed by atoms with Crippen molar-refractivity contribution < 1.29 is 28.9 Å². The fourth-order valence-electron chi connectivity index (χ4n) is 3.68. The van der Waals surface area contributed by atoms with Crippen LogP contribution >= 0.6 is 11.6 Å². The van der Waals surface area contributed by atoms with E-state index in [4.69, 9.17) is 21.4 Å². The number of halogens is 2. The highest BCUT2D eigenvalue weighted by Crippen LogP contribution is 2.29. The number of carboxylic acids is 1. The number of aliphatic carboxylic acids is 1. The number of nitrogens with zero attached hydrogens (tertiary/aromatic N) is 2. The molecule has 4 N–H and O–H groups in total. The summed E-state index contributed by atoms with van der Waals surface area (Å²) in [5, 5.41) is 31.7. The van der Waals surface area contributed by atoms with Gasteiger partial charge in [0.15, 0.2) is 0 Å². The number of aliphatic hydroxyl groups excluding tert-OH is 1. The Hall–Kier alpha value is -3.34. The van der Waals surface area contributed by atoms with Crippen LogP contribution in [0.25, 0.3) is 11.1 Å². The number of aromatic nitrogens is 3. The van der Waals surface area contributed by atoms with Gasteiger partial charge in [0.2, 0.25) is 0 Å². The van der Waals surface area contributed by atoms with Gasteiger partial charge in [0, 0.05) is 16.6 Å². The number of amides is 1. The van der Waals surface area contributed by atoms with Gasteiger partial charge in [-0.25, -0.2) is 4.39 Å². The van der Waals surface area contributed by atoms with E-state index in [0.717, 1.165) is 5.56 Å². The second-order valence-electron chi connectivity index (χ2n) is 8.41. The van der Waals surface area contributed by atoms with Crippen LogP contribution in [-0.4, -0.2) is 63.4 Å². The molecule has 35 heavy (non-hydrogen) atoms. The number of carboxylic acid groups (broad SMARTS) is 1. The molecule has 11 heteroatoms. The molecular weight excluding hydrogens is 479 g/mol. The predicted octanol–water partition coefficient (Wildman–Crippen LogP) is 3.10. The molecule has 0 spiro atoms. The summed E-state index contributed by atoms with van der Waals surface area (Å²) >= 11 is 6.00. The first-order valence-corrected chi connectivity index (χ1v) is 11.2. The zero-order chi connectivity index (χ0) is 25.4. The largest absolute Gasteiger partial charge is 0.481 e. The summed E-state index contributed by atoms with van der Waals surface area (Å²) in [5.74, 6) is -1.98. The third kappa shape index (κ3) is 7.08. The molecule has 0 radical (unpaired) electrons. The van der Waals surface area contributed by atoms with E-state index in [2.05, 4.69) is 20.7 Å². The second-order valence-corrected chi connectivity index (χ2v) is 8.85. The lowest BCUT2D eigenvalue weighted by atomic mass is 9.82. The van der Waals surface area contributed by atoms with Crippen molar-refractivity contribution in [2.75, 3.05) is 19.8 Å². The Morgan fingerprint density at radius 2 is 2.00 bits per heavy atom. The van der Waals surface area contributed by atoms with Crippen LogP contribution in [0.3, 0.4) is 0 Å². The maximum atomic E-state index is 14.2. The highest BCUT2D eigenvalue weighted by molar-refractivity contribution is 6.30. The van der Waals surface area contributed by atoms with Crippen molar-refractivity contribution in [1.82, 2.24) is 20.7 Å². The van der Waals surface area contributed by atoms with Crippen LogP contribution in [0.2, 0.25) is 5.02 Å². The van der Waals surface area contributed by atoms with Crippen LogP contribution in [0.4, 0.5) is 4.39 Å². The molecule has 3 rings (SSSR count). The molecule has 0 aliphatic heterocycles. The van der Waals surface area contributed by atoms with E-state index < -0.39 is 29.2 Å². The number of benzene rings is 2. The molecular formula is C24H26ClFN4O5. The zero-order valence-electron chi connectivity index (χ0n) is 19.0. The molecule has 0 fully saturated rings. The molecule has 0 saturated carbocycles. The van der Waals surface area contributed by atoms with E-state index in [0.29, 0.717) is 22.6 Å². The molecule has 3 aromatic rings. The molecule has 2 atom stereocenters. The summed E-state index contributed by atoms with van der Waals surface area (Å²) < 4.78 is 19.5. The van der Waals surface area contributed by atoms with Crippen molar-refractivity contribution in [3.63, 3.8) is 0 Å². The quantitative estimate of drug-likeness (QED) is 0.278. The average Bonchev–Trinajstić information content (AvgIpc) is 3.36. The molecule has 0 bridgehead atoms. The number of H-pyrrole nitrogens is 1. The van der Waals surface area contributed by atoms with Crippen molar-refractivity contribution in [3.05, 3.63) is 70.8 Å². The van der Waals surface area contributed by atoms with Gasteiger partial charge >= 0.3 is 5.97 Å². The number of rotatable bonds is 12. The van der Waals surface area contributed by atoms with Crippen LogP contribution < -0.4 is 5.32 Å². The number of carbonyl (C=O) groups is 2. The van der Waals surface area contributed by atoms with Crippen molar-refractivity contribution in [1.29, 1.82) is 0 Å². The van der Waals surface area contributed by atoms with E-state index in [1.165, 1.54) is 31.3 Å². The number of hydrogen-bond donors (Lipinski definition) is 4. The molecule has 186 valence electrons. The van der Waals surface area contributed by atoms with Crippen LogP contribution in [0, 0.1) is 11.2 Å². The van der Waals surface area contributed by atoms with Crippen molar-refractivity contribution in [2.24, 2.45) is 5.41 Å². The second kappa shape index (κ2) is 11.9. The third-order valence-electron chi connectivity index (χ3n) is 5.54. The number of carbonyl (C=O) groups excluding carboxylic acids is 1. The Labute approximate surface area is 206 Å². The van der Waals surface area contributed by atoms with Gasteiger partial charge in [-0.15, -0.1) is 5.10 Å². The molecule has 9 nitrogen and oxygen atoms in total. The minimum Gasteiger partial charge on any atom is -0.481 e. The molecule has 1 amide bonds. The molecule has 1 heterocycles. The Bertz CT molecular complexity index is 1140. The SMILES string of the molecule is CC(COCCO)(C[C@@H](Cc1ccc(-c2cc(Cl)ccc2F)cc1)NC(=O)c1cnn[nH]1)C(=O)O. The highest BCUT2D eigenvalue weighted by atomic mass is 35.5. The first-order chi connectivity index (χ1) is 16.7. The average molecular weight is 505 g/mol. The number of aromatic amines is 1. The lowest BCUT2D eigenvalue weighted by molar-refractivity contribution is -0.153. The Morgan fingerprint density at radius 1 is 1.26 bits per heavy atom. The minimum atomic E-state index is -1.33. The minimum absolute atomic E-state index is 0.00122. The van der Waals surface area contributed by atoms with Gasteiger partial charge in [-0.2, -0.15) is 0 Å². The summed E-state index contributed by atoms with van der Waals surface area (Å²) in [6.45, 7) is 1.14. The fourth-order valence-corrected chi connectivity index (χ4v) is 3.85. The van der Waals surface area contributed by atoms with E-state index in [9.17, 15) is 19.1 Å². The lowest BCUT2D eigenvalue weighted by Gasteiger charge is -2.30. The monoisotopic (exact) mass is 504 g/mol. The first kappa shape index (κ1) is 26.3. The van der Waals surface area contributed by atoms with Gasteiger partial charge in [-0.1, -0.05) is 41.1 Å². The summed E-state index contributed by atoms with van der Waals surface area (Å²) in [5.41, 5.74) is 0.595. The molecule has 0 saturated heterocycles. The van der Waals surface area contributed by atoms with Crippen LogP contribution in [0.15, 0.2) is 48.7 Å². The summed E-state index contributed by atoms with van der Waals surface area (Å²) in [4.78, 5) is 24.7. The van der Waals surface area contributed by atoms with Gasteiger partial charge < -0.3 is 20.3 Å². The predicted molar refractivity (Wildman–Crippen MR) is 126 cm³/mol. The topological polar surface area (TPSA) is 137 Å². The molecule has 0 aliphatic rings. The maximum Gasteiger partial charge on any atom is 0.311 e. The normalized spacial score (nSPS) is 13.7. The van der Waals surface area contributed by atoms with E-state index in [1.54, 1.807) is 24.3 Å². The number of hydrogen-bond acceptors (Lipinski definition) is 6. The van der Waals surface area contributed by atoms with Crippen LogP contribution in [0.5, 0.6) is 0 Å². The Morgan fingerprint density at radius 3 is 2.63 bits per heavy atom. The summed E-state index contributed by atoms with van der Waals surface area (Å²) in [7, 11) is 0. The fraction of sp³-hybridized carbons (Fsp3) is 0.333. The molecule has 1 unspecified atom stereocenters. The van der Waals surface area contributed by atoms with Gasteiger partial charge in [0.1, 0.15) is 11.5 Å². The Balaban J connectivity index is 1.82. The maximum absolute atomic E-state index is 14.2. The smallest absolute Gasteiger partial charge is 0.311 e. The molecule has 1 aromatic heterocycles. The van der Waals surface area contributed by atoms with Crippen molar-refractivity contribution in [3.8, 4) is 11.1 Å².